The zero-order chi connectivity index (χ0) is 12.3. The van der Waals surface area contributed by atoms with E-state index < -0.39 is 8.80 Å². The molecule has 0 N–H and O–H groups in total. The van der Waals surface area contributed by atoms with Crippen LogP contribution in [0.3, 0.4) is 0 Å². The van der Waals surface area contributed by atoms with Gasteiger partial charge in [0.2, 0.25) is 0 Å². The molecule has 0 saturated carbocycles. The summed E-state index contributed by atoms with van der Waals surface area (Å²) in [7, 11) is -2.66. The fourth-order valence-corrected chi connectivity index (χ4v) is 3.32. The highest BCUT2D eigenvalue weighted by atomic mass is 28.4. The van der Waals surface area contributed by atoms with Crippen LogP contribution in [0.4, 0.5) is 0 Å². The Labute approximate surface area is 100 Å². The first kappa shape index (κ1) is 15.6. The van der Waals surface area contributed by atoms with Crippen LogP contribution in [0.25, 0.3) is 0 Å². The normalized spacial score (nSPS) is 11.2. The van der Waals surface area contributed by atoms with Gasteiger partial charge in [0.05, 0.1) is 0 Å². The second-order valence-electron chi connectivity index (χ2n) is 3.50. The van der Waals surface area contributed by atoms with Crippen LogP contribution < -0.4 is 0 Å². The van der Waals surface area contributed by atoms with E-state index in [-0.39, 0.29) is 0 Å². The third kappa shape index (κ3) is 6.25. The van der Waals surface area contributed by atoms with Crippen LogP contribution in [-0.2, 0) is 13.3 Å². The van der Waals surface area contributed by atoms with Crippen molar-refractivity contribution in [3.8, 4) is 0 Å². The Balaban J connectivity index is 4.51. The SMILES string of the molecule is C=C=C[Si](OCCC)(OCCC)OCCC. The number of hydrogen-bond donors (Lipinski definition) is 0. The first-order valence-corrected chi connectivity index (χ1v) is 7.83. The summed E-state index contributed by atoms with van der Waals surface area (Å²) in [4.78, 5) is 0. The zero-order valence-corrected chi connectivity index (χ0v) is 11.8. The first-order chi connectivity index (χ1) is 7.74. The lowest BCUT2D eigenvalue weighted by molar-refractivity contribution is 0.0716. The van der Waals surface area contributed by atoms with E-state index in [0.717, 1.165) is 19.3 Å². The van der Waals surface area contributed by atoms with Crippen molar-refractivity contribution in [3.05, 3.63) is 18.0 Å². The predicted octanol–water partition coefficient (Wildman–Crippen LogP) is 3.09. The van der Waals surface area contributed by atoms with Crippen LogP contribution in [0.5, 0.6) is 0 Å². The van der Waals surface area contributed by atoms with Gasteiger partial charge in [0, 0.05) is 25.5 Å². The van der Waals surface area contributed by atoms with Crippen LogP contribution in [0.1, 0.15) is 40.0 Å². The van der Waals surface area contributed by atoms with Gasteiger partial charge in [-0.25, -0.2) is 0 Å². The third-order valence-electron chi connectivity index (χ3n) is 1.80. The molecular formula is C12H24O3Si. The quantitative estimate of drug-likeness (QED) is 0.436. The summed E-state index contributed by atoms with van der Waals surface area (Å²) in [6, 6.07) is 0. The minimum atomic E-state index is -2.66. The molecule has 0 heterocycles. The lowest BCUT2D eigenvalue weighted by Crippen LogP contribution is -2.45. The van der Waals surface area contributed by atoms with E-state index in [2.05, 4.69) is 33.1 Å². The summed E-state index contributed by atoms with van der Waals surface area (Å²) in [5, 5.41) is 0. The average molecular weight is 244 g/mol. The summed E-state index contributed by atoms with van der Waals surface area (Å²) >= 11 is 0. The molecule has 0 aliphatic heterocycles. The Morgan fingerprint density at radius 2 is 1.31 bits per heavy atom. The van der Waals surface area contributed by atoms with E-state index in [1.807, 2.05) is 0 Å². The molecule has 0 radical (unpaired) electrons. The lowest BCUT2D eigenvalue weighted by atomic mass is 10.5. The van der Waals surface area contributed by atoms with Crippen molar-refractivity contribution in [2.24, 2.45) is 0 Å². The molecule has 4 heteroatoms. The van der Waals surface area contributed by atoms with E-state index in [1.54, 1.807) is 5.70 Å². The van der Waals surface area contributed by atoms with Crippen molar-refractivity contribution in [2.45, 2.75) is 40.0 Å². The van der Waals surface area contributed by atoms with Crippen LogP contribution in [0, 0.1) is 0 Å². The van der Waals surface area contributed by atoms with Crippen molar-refractivity contribution in [1.82, 2.24) is 0 Å². The second-order valence-corrected chi connectivity index (χ2v) is 5.86. The molecule has 0 spiro atoms. The topological polar surface area (TPSA) is 27.7 Å². The molecule has 3 nitrogen and oxygen atoms in total. The van der Waals surface area contributed by atoms with Gasteiger partial charge in [-0.15, -0.1) is 5.73 Å². The molecule has 0 fully saturated rings. The monoisotopic (exact) mass is 244 g/mol. The molecule has 0 aromatic heterocycles. The Bertz CT molecular complexity index is 191. The molecule has 0 atom stereocenters. The van der Waals surface area contributed by atoms with E-state index in [9.17, 15) is 0 Å². The minimum absolute atomic E-state index is 0.651. The molecule has 0 aliphatic rings. The highest BCUT2D eigenvalue weighted by Gasteiger charge is 2.38. The van der Waals surface area contributed by atoms with Crippen LogP contribution in [0.2, 0.25) is 0 Å². The Hall–Kier alpha value is -0.383. The molecule has 94 valence electrons. The standard InChI is InChI=1S/C12H24O3Si/c1-5-9-13-16(12-8-4,14-10-6-2)15-11-7-3/h12H,4-7,9-11H2,1-3H3. The third-order valence-corrected chi connectivity index (χ3v) is 4.18. The average Bonchev–Trinajstić information content (AvgIpc) is 2.31. The van der Waals surface area contributed by atoms with Gasteiger partial charge in [-0.3, -0.25) is 0 Å². The van der Waals surface area contributed by atoms with Gasteiger partial charge in [-0.2, -0.15) is 0 Å². The molecule has 0 aliphatic carbocycles. The number of hydrogen-bond acceptors (Lipinski definition) is 3. The minimum Gasteiger partial charge on any atom is -0.370 e. The van der Waals surface area contributed by atoms with Gasteiger partial charge in [0.25, 0.3) is 0 Å². The van der Waals surface area contributed by atoms with Crippen molar-refractivity contribution < 1.29 is 13.3 Å². The summed E-state index contributed by atoms with van der Waals surface area (Å²) in [5.74, 6) is 0. The maximum Gasteiger partial charge on any atom is 0.537 e. The first-order valence-electron chi connectivity index (χ1n) is 6.03. The van der Waals surface area contributed by atoms with Crippen LogP contribution in [-0.4, -0.2) is 28.6 Å². The zero-order valence-electron chi connectivity index (χ0n) is 10.8. The summed E-state index contributed by atoms with van der Waals surface area (Å²) in [6.07, 6.45) is 2.85. The summed E-state index contributed by atoms with van der Waals surface area (Å²) in [6.45, 7) is 11.7. The van der Waals surface area contributed by atoms with Gasteiger partial charge < -0.3 is 13.3 Å². The summed E-state index contributed by atoms with van der Waals surface area (Å²) < 4.78 is 17.3. The maximum atomic E-state index is 5.76. The van der Waals surface area contributed by atoms with E-state index in [0.29, 0.717) is 19.8 Å². The molecule has 16 heavy (non-hydrogen) atoms. The smallest absolute Gasteiger partial charge is 0.370 e. The molecule has 0 unspecified atom stereocenters. The Morgan fingerprint density at radius 1 is 0.938 bits per heavy atom. The Kier molecular flexibility index (Phi) is 9.58. The van der Waals surface area contributed by atoms with Crippen LogP contribution >= 0.6 is 0 Å². The van der Waals surface area contributed by atoms with Gasteiger partial charge in [0.15, 0.2) is 0 Å². The molecule has 0 aromatic rings. The van der Waals surface area contributed by atoms with E-state index in [4.69, 9.17) is 13.3 Å². The molecule has 0 rings (SSSR count). The second kappa shape index (κ2) is 9.82. The molecule has 0 saturated heterocycles. The van der Waals surface area contributed by atoms with Gasteiger partial charge >= 0.3 is 8.80 Å². The largest absolute Gasteiger partial charge is 0.537 e. The molecule has 0 bridgehead atoms. The van der Waals surface area contributed by atoms with Crippen molar-refractivity contribution in [3.63, 3.8) is 0 Å². The molecule has 0 amide bonds. The summed E-state index contributed by atoms with van der Waals surface area (Å²) in [5.41, 5.74) is 4.49. The predicted molar refractivity (Wildman–Crippen MR) is 68.2 cm³/mol. The molecular weight excluding hydrogens is 220 g/mol. The maximum absolute atomic E-state index is 5.76. The highest BCUT2D eigenvalue weighted by molar-refractivity contribution is 6.66. The lowest BCUT2D eigenvalue weighted by Gasteiger charge is -2.25. The van der Waals surface area contributed by atoms with E-state index in [1.165, 1.54) is 0 Å². The van der Waals surface area contributed by atoms with Gasteiger partial charge in [-0.1, -0.05) is 27.4 Å². The fraction of sp³-hybridized carbons (Fsp3) is 0.750. The van der Waals surface area contributed by atoms with E-state index >= 15 is 0 Å². The van der Waals surface area contributed by atoms with Crippen molar-refractivity contribution >= 4 is 8.80 Å². The van der Waals surface area contributed by atoms with Crippen molar-refractivity contribution in [1.29, 1.82) is 0 Å². The number of rotatable bonds is 10. The van der Waals surface area contributed by atoms with Gasteiger partial charge in [0.1, 0.15) is 0 Å². The van der Waals surface area contributed by atoms with Crippen molar-refractivity contribution in [2.75, 3.05) is 19.8 Å². The highest BCUT2D eigenvalue weighted by Crippen LogP contribution is 2.13. The Morgan fingerprint density at radius 3 is 1.56 bits per heavy atom. The fourth-order valence-electron chi connectivity index (χ4n) is 1.11. The van der Waals surface area contributed by atoms with Crippen LogP contribution in [0.15, 0.2) is 18.0 Å². The molecule has 0 aromatic carbocycles. The van der Waals surface area contributed by atoms with Gasteiger partial charge in [-0.05, 0) is 19.3 Å².